The average molecular weight is 466 g/mol. The van der Waals surface area contributed by atoms with Gasteiger partial charge in [0.05, 0.1) is 18.5 Å². The third-order valence-electron chi connectivity index (χ3n) is 5.92. The second-order valence-electron chi connectivity index (χ2n) is 8.20. The van der Waals surface area contributed by atoms with Gasteiger partial charge in [-0.15, -0.1) is 0 Å². The Morgan fingerprint density at radius 3 is 1.53 bits per heavy atom. The first-order valence-electron chi connectivity index (χ1n) is 11.4. The molecule has 0 saturated heterocycles. The molecule has 4 rings (SSSR count). The first-order chi connectivity index (χ1) is 16.6. The van der Waals surface area contributed by atoms with Crippen LogP contribution in [0.5, 0.6) is 5.75 Å². The topological polar surface area (TPSA) is 34.0 Å². The predicted octanol–water partition coefficient (Wildman–Crippen LogP) is 5.87. The Labute approximate surface area is 203 Å². The van der Waals surface area contributed by atoms with Gasteiger partial charge in [-0.05, 0) is 62.4 Å². The van der Waals surface area contributed by atoms with Crippen LogP contribution in [0, 0.1) is 0 Å². The van der Waals surface area contributed by atoms with Crippen LogP contribution in [0.4, 0.5) is 0 Å². The van der Waals surface area contributed by atoms with Crippen LogP contribution in [-0.2, 0) is 0 Å². The normalized spacial score (nSPS) is 12.4. The zero-order valence-electron chi connectivity index (χ0n) is 19.9. The van der Waals surface area contributed by atoms with Gasteiger partial charge in [0.2, 0.25) is 0 Å². The third-order valence-corrected chi connectivity index (χ3v) is 10.4. The van der Waals surface area contributed by atoms with Gasteiger partial charge in [-0.3, -0.25) is 0 Å². The van der Waals surface area contributed by atoms with E-state index in [4.69, 9.17) is 9.84 Å². The highest BCUT2D eigenvalue weighted by Gasteiger charge is 2.45. The summed E-state index contributed by atoms with van der Waals surface area (Å²) < 4.78 is 5.50. The highest BCUT2D eigenvalue weighted by molar-refractivity contribution is 7.96. The fourth-order valence-corrected chi connectivity index (χ4v) is 8.54. The second-order valence-corrected chi connectivity index (χ2v) is 11.7. The summed E-state index contributed by atoms with van der Waals surface area (Å²) >= 11 is 0. The van der Waals surface area contributed by atoms with E-state index >= 15 is 0 Å². The summed E-state index contributed by atoms with van der Waals surface area (Å²) in [4.78, 5) is 0. The summed E-state index contributed by atoms with van der Waals surface area (Å²) in [5.74, 6) is 0.802. The molecule has 4 heteroatoms. The Morgan fingerprint density at radius 1 is 0.618 bits per heavy atom. The van der Waals surface area contributed by atoms with Crippen molar-refractivity contribution in [2.45, 2.75) is 13.8 Å². The molecule has 0 aliphatic rings. The van der Waals surface area contributed by atoms with Gasteiger partial charge in [0, 0.05) is 5.56 Å². The van der Waals surface area contributed by atoms with Gasteiger partial charge in [0.15, 0.2) is 0 Å². The molecule has 0 spiro atoms. The van der Waals surface area contributed by atoms with E-state index in [1.165, 1.54) is 15.9 Å². The molecular weight excluding hydrogens is 435 g/mol. The van der Waals surface area contributed by atoms with E-state index in [2.05, 4.69) is 103 Å². The van der Waals surface area contributed by atoms with E-state index in [0.29, 0.717) is 0 Å². The Kier molecular flexibility index (Phi) is 7.67. The SMILES string of the molecule is COc1ccccc1/C(C)=N/N=C(\C)C[P+](c1ccccc1)(c1ccccc1)c1ccccc1. The van der Waals surface area contributed by atoms with Crippen molar-refractivity contribution >= 4 is 34.6 Å². The summed E-state index contributed by atoms with van der Waals surface area (Å²) in [6.45, 7) is 4.06. The van der Waals surface area contributed by atoms with Crippen molar-refractivity contribution in [1.82, 2.24) is 0 Å². The third kappa shape index (κ3) is 5.00. The van der Waals surface area contributed by atoms with Crippen molar-refractivity contribution in [2.24, 2.45) is 10.2 Å². The molecule has 0 saturated carbocycles. The van der Waals surface area contributed by atoms with Crippen LogP contribution in [0.1, 0.15) is 19.4 Å². The van der Waals surface area contributed by atoms with Crippen molar-refractivity contribution in [2.75, 3.05) is 13.3 Å². The number of hydrogen-bond donors (Lipinski definition) is 0. The molecule has 0 fully saturated rings. The van der Waals surface area contributed by atoms with E-state index < -0.39 is 7.26 Å². The van der Waals surface area contributed by atoms with Crippen LogP contribution in [-0.4, -0.2) is 24.7 Å². The largest absolute Gasteiger partial charge is 0.496 e. The number of hydrogen-bond acceptors (Lipinski definition) is 3. The first kappa shape index (κ1) is 23.6. The summed E-state index contributed by atoms with van der Waals surface area (Å²) in [7, 11) is -0.302. The molecule has 0 radical (unpaired) electrons. The van der Waals surface area contributed by atoms with E-state index in [1.807, 2.05) is 31.2 Å². The molecule has 0 atom stereocenters. The number of rotatable bonds is 8. The Hall–Kier alpha value is -3.55. The van der Waals surface area contributed by atoms with Gasteiger partial charge < -0.3 is 4.74 Å². The summed E-state index contributed by atoms with van der Waals surface area (Å²) in [6, 6.07) is 40.5. The minimum atomic E-state index is -1.98. The standard InChI is InChI=1S/C30H30N2OP/c1-24(31-32-25(2)29-21-13-14-22-30(29)33-3)23-34(26-15-7-4-8-16-26,27-17-9-5-10-18-27)28-19-11-6-12-20-28/h4-22H,23H2,1-3H3/q+1/b31-24+,32-25+. The van der Waals surface area contributed by atoms with E-state index in [-0.39, 0.29) is 0 Å². The van der Waals surface area contributed by atoms with Gasteiger partial charge in [-0.1, -0.05) is 66.7 Å². The molecule has 0 N–H and O–H groups in total. The fraction of sp³-hybridized carbons (Fsp3) is 0.133. The van der Waals surface area contributed by atoms with Crippen LogP contribution in [0.25, 0.3) is 0 Å². The molecule has 170 valence electrons. The van der Waals surface area contributed by atoms with E-state index in [9.17, 15) is 0 Å². The number of nitrogens with zero attached hydrogens (tertiary/aromatic N) is 2. The van der Waals surface area contributed by atoms with Gasteiger partial charge >= 0.3 is 0 Å². The van der Waals surface area contributed by atoms with Crippen molar-refractivity contribution in [1.29, 1.82) is 0 Å². The first-order valence-corrected chi connectivity index (χ1v) is 13.4. The van der Waals surface area contributed by atoms with Gasteiger partial charge in [-0.2, -0.15) is 10.2 Å². The lowest BCUT2D eigenvalue weighted by Crippen LogP contribution is -2.35. The van der Waals surface area contributed by atoms with Gasteiger partial charge in [0.25, 0.3) is 0 Å². The molecule has 4 aromatic carbocycles. The smallest absolute Gasteiger partial charge is 0.127 e. The molecule has 0 heterocycles. The van der Waals surface area contributed by atoms with Crippen LogP contribution in [0.3, 0.4) is 0 Å². The second kappa shape index (κ2) is 11.0. The average Bonchev–Trinajstić information content (AvgIpc) is 2.92. The molecule has 0 aromatic heterocycles. The van der Waals surface area contributed by atoms with Gasteiger partial charge in [0.1, 0.15) is 35.1 Å². The fourth-order valence-electron chi connectivity index (χ4n) is 4.30. The number of ether oxygens (including phenoxy) is 1. The maximum atomic E-state index is 5.50. The lowest BCUT2D eigenvalue weighted by Gasteiger charge is -2.27. The highest BCUT2D eigenvalue weighted by Crippen LogP contribution is 2.55. The summed E-state index contributed by atoms with van der Waals surface area (Å²) in [6.07, 6.45) is 0.813. The molecule has 4 aromatic rings. The highest BCUT2D eigenvalue weighted by atomic mass is 31.2. The molecule has 34 heavy (non-hydrogen) atoms. The molecule has 0 bridgehead atoms. The van der Waals surface area contributed by atoms with Crippen LogP contribution >= 0.6 is 7.26 Å². The molecule has 0 aliphatic carbocycles. The quantitative estimate of drug-likeness (QED) is 0.182. The predicted molar refractivity (Wildman–Crippen MR) is 148 cm³/mol. The maximum absolute atomic E-state index is 5.50. The molecule has 0 amide bonds. The molecule has 3 nitrogen and oxygen atoms in total. The number of methoxy groups -OCH3 is 1. The molecular formula is C30H30N2OP+. The summed E-state index contributed by atoms with van der Waals surface area (Å²) in [5.41, 5.74) is 2.79. The Bertz CT molecular complexity index is 1170. The minimum absolute atomic E-state index is 0.802. The molecule has 0 unspecified atom stereocenters. The molecule has 0 aliphatic heterocycles. The van der Waals surface area contributed by atoms with Crippen LogP contribution < -0.4 is 20.7 Å². The van der Waals surface area contributed by atoms with Gasteiger partial charge in [-0.25, -0.2) is 0 Å². The zero-order chi connectivity index (χ0) is 23.8. The monoisotopic (exact) mass is 465 g/mol. The van der Waals surface area contributed by atoms with Crippen LogP contribution in [0.15, 0.2) is 125 Å². The Balaban J connectivity index is 1.82. The Morgan fingerprint density at radius 2 is 1.06 bits per heavy atom. The lowest BCUT2D eigenvalue weighted by atomic mass is 10.1. The van der Waals surface area contributed by atoms with Crippen molar-refractivity contribution in [3.05, 3.63) is 121 Å². The summed E-state index contributed by atoms with van der Waals surface area (Å²) in [5, 5.41) is 13.3. The van der Waals surface area contributed by atoms with E-state index in [0.717, 1.165) is 28.9 Å². The lowest BCUT2D eigenvalue weighted by molar-refractivity contribution is 0.414. The number of benzene rings is 4. The van der Waals surface area contributed by atoms with E-state index in [1.54, 1.807) is 7.11 Å². The maximum Gasteiger partial charge on any atom is 0.127 e. The van der Waals surface area contributed by atoms with Crippen molar-refractivity contribution < 1.29 is 4.74 Å². The number of para-hydroxylation sites is 1. The van der Waals surface area contributed by atoms with Crippen molar-refractivity contribution in [3.63, 3.8) is 0 Å². The van der Waals surface area contributed by atoms with Crippen molar-refractivity contribution in [3.8, 4) is 5.75 Å². The zero-order valence-corrected chi connectivity index (χ0v) is 20.8. The van der Waals surface area contributed by atoms with Crippen LogP contribution in [0.2, 0.25) is 0 Å². The minimum Gasteiger partial charge on any atom is -0.496 e.